The van der Waals surface area contributed by atoms with Crippen LogP contribution in [-0.4, -0.2) is 35.2 Å². The van der Waals surface area contributed by atoms with E-state index < -0.39 is 0 Å². The fraction of sp³-hybridized carbons (Fsp3) is 0.438. The quantitative estimate of drug-likeness (QED) is 0.898. The molecule has 6 heteroatoms. The maximum absolute atomic E-state index is 12.3. The molecule has 2 aliphatic rings. The van der Waals surface area contributed by atoms with Gasteiger partial charge in [-0.1, -0.05) is 17.3 Å². The molecular weight excluding hydrogens is 280 g/mol. The van der Waals surface area contributed by atoms with E-state index in [1.807, 2.05) is 24.3 Å². The molecule has 22 heavy (non-hydrogen) atoms. The number of hydrogen-bond acceptors (Lipinski definition) is 5. The Balaban J connectivity index is 1.52. The standard InChI is InChI=1S/C16H18N4O2/c21-15(18-13-6-7-17-9-13)12-3-1-2-11(8-12)14-19-16(22-20-14)10-4-5-10/h1-3,8,10,13,17H,4-7,9H2,(H,18,21). The van der Waals surface area contributed by atoms with E-state index in [4.69, 9.17) is 4.52 Å². The summed E-state index contributed by atoms with van der Waals surface area (Å²) in [4.78, 5) is 16.7. The number of amides is 1. The highest BCUT2D eigenvalue weighted by Crippen LogP contribution is 2.39. The zero-order valence-electron chi connectivity index (χ0n) is 12.2. The van der Waals surface area contributed by atoms with Crippen LogP contribution in [0.3, 0.4) is 0 Å². The van der Waals surface area contributed by atoms with Crippen molar-refractivity contribution >= 4 is 5.91 Å². The lowest BCUT2D eigenvalue weighted by Crippen LogP contribution is -2.36. The van der Waals surface area contributed by atoms with E-state index in [9.17, 15) is 4.79 Å². The van der Waals surface area contributed by atoms with Crippen molar-refractivity contribution in [2.75, 3.05) is 13.1 Å². The van der Waals surface area contributed by atoms with E-state index in [-0.39, 0.29) is 11.9 Å². The monoisotopic (exact) mass is 298 g/mol. The smallest absolute Gasteiger partial charge is 0.251 e. The highest BCUT2D eigenvalue weighted by molar-refractivity contribution is 5.95. The van der Waals surface area contributed by atoms with Gasteiger partial charge >= 0.3 is 0 Å². The third kappa shape index (κ3) is 2.74. The second kappa shape index (κ2) is 5.53. The minimum absolute atomic E-state index is 0.0542. The fourth-order valence-corrected chi connectivity index (χ4v) is 2.69. The van der Waals surface area contributed by atoms with Gasteiger partial charge in [-0.3, -0.25) is 4.79 Å². The van der Waals surface area contributed by atoms with E-state index in [0.29, 0.717) is 23.2 Å². The first kappa shape index (κ1) is 13.5. The van der Waals surface area contributed by atoms with Crippen molar-refractivity contribution in [3.63, 3.8) is 0 Å². The molecule has 1 saturated carbocycles. The number of benzene rings is 1. The number of nitrogens with zero attached hydrogens (tertiary/aromatic N) is 2. The zero-order valence-corrected chi connectivity index (χ0v) is 12.2. The van der Waals surface area contributed by atoms with E-state index in [0.717, 1.165) is 37.9 Å². The minimum Gasteiger partial charge on any atom is -0.348 e. The zero-order chi connectivity index (χ0) is 14.9. The van der Waals surface area contributed by atoms with Gasteiger partial charge in [0.25, 0.3) is 5.91 Å². The molecule has 2 N–H and O–H groups in total. The van der Waals surface area contributed by atoms with Gasteiger partial charge in [0.1, 0.15) is 0 Å². The van der Waals surface area contributed by atoms with Gasteiger partial charge < -0.3 is 15.2 Å². The van der Waals surface area contributed by atoms with Gasteiger partial charge in [0.15, 0.2) is 0 Å². The van der Waals surface area contributed by atoms with Gasteiger partial charge in [-0.15, -0.1) is 0 Å². The average Bonchev–Trinajstić information content (AvgIpc) is 3.06. The molecule has 2 heterocycles. The number of aromatic nitrogens is 2. The van der Waals surface area contributed by atoms with Crippen molar-refractivity contribution in [1.82, 2.24) is 20.8 Å². The molecule has 1 aromatic carbocycles. The third-order valence-electron chi connectivity index (χ3n) is 4.15. The van der Waals surface area contributed by atoms with E-state index in [1.54, 1.807) is 0 Å². The molecule has 0 spiro atoms. The molecule has 6 nitrogen and oxygen atoms in total. The van der Waals surface area contributed by atoms with Gasteiger partial charge in [-0.05, 0) is 37.9 Å². The lowest BCUT2D eigenvalue weighted by molar-refractivity contribution is 0.0940. The van der Waals surface area contributed by atoms with Crippen LogP contribution in [0.4, 0.5) is 0 Å². The van der Waals surface area contributed by atoms with Crippen molar-refractivity contribution in [3.8, 4) is 11.4 Å². The summed E-state index contributed by atoms with van der Waals surface area (Å²) >= 11 is 0. The molecule has 1 saturated heterocycles. The summed E-state index contributed by atoms with van der Waals surface area (Å²) < 4.78 is 5.28. The van der Waals surface area contributed by atoms with E-state index >= 15 is 0 Å². The topological polar surface area (TPSA) is 80.0 Å². The third-order valence-corrected chi connectivity index (χ3v) is 4.15. The Hall–Kier alpha value is -2.21. The Morgan fingerprint density at radius 2 is 2.23 bits per heavy atom. The van der Waals surface area contributed by atoms with Crippen LogP contribution in [0, 0.1) is 0 Å². The van der Waals surface area contributed by atoms with Crippen LogP contribution in [0.1, 0.15) is 41.4 Å². The van der Waals surface area contributed by atoms with Gasteiger partial charge in [0.05, 0.1) is 0 Å². The Bertz CT molecular complexity index is 687. The predicted molar refractivity (Wildman–Crippen MR) is 80.4 cm³/mol. The molecule has 2 aromatic rings. The molecule has 1 aliphatic heterocycles. The van der Waals surface area contributed by atoms with E-state index in [2.05, 4.69) is 20.8 Å². The summed E-state index contributed by atoms with van der Waals surface area (Å²) in [5.74, 6) is 1.64. The van der Waals surface area contributed by atoms with Crippen LogP contribution in [0.25, 0.3) is 11.4 Å². The first-order chi connectivity index (χ1) is 10.8. The number of carbonyl (C=O) groups excluding carboxylic acids is 1. The molecule has 1 atom stereocenters. The largest absolute Gasteiger partial charge is 0.348 e. The summed E-state index contributed by atoms with van der Waals surface area (Å²) in [7, 11) is 0. The van der Waals surface area contributed by atoms with Crippen LogP contribution in [0.2, 0.25) is 0 Å². The predicted octanol–water partition coefficient (Wildman–Crippen LogP) is 1.71. The molecule has 114 valence electrons. The fourth-order valence-electron chi connectivity index (χ4n) is 2.69. The SMILES string of the molecule is O=C(NC1CCNC1)c1cccc(-c2noc(C3CC3)n2)c1. The summed E-state index contributed by atoms with van der Waals surface area (Å²) in [6, 6.07) is 7.59. The van der Waals surface area contributed by atoms with Crippen LogP contribution in [-0.2, 0) is 0 Å². The number of nitrogens with one attached hydrogen (secondary N) is 2. The normalized spacial score (nSPS) is 21.0. The molecule has 0 radical (unpaired) electrons. The van der Waals surface area contributed by atoms with E-state index in [1.165, 1.54) is 0 Å². The number of carbonyl (C=O) groups is 1. The Kier molecular flexibility index (Phi) is 3.38. The molecule has 1 amide bonds. The highest BCUT2D eigenvalue weighted by atomic mass is 16.5. The first-order valence-electron chi connectivity index (χ1n) is 7.75. The maximum Gasteiger partial charge on any atom is 0.251 e. The van der Waals surface area contributed by atoms with Crippen molar-refractivity contribution in [2.24, 2.45) is 0 Å². The Morgan fingerprint density at radius 1 is 1.32 bits per heavy atom. The van der Waals surface area contributed by atoms with Crippen molar-refractivity contribution in [1.29, 1.82) is 0 Å². The van der Waals surface area contributed by atoms with Gasteiger partial charge in [0.2, 0.25) is 11.7 Å². The number of hydrogen-bond donors (Lipinski definition) is 2. The Morgan fingerprint density at radius 3 is 3.00 bits per heavy atom. The lowest BCUT2D eigenvalue weighted by atomic mass is 10.1. The van der Waals surface area contributed by atoms with Crippen LogP contribution in [0.15, 0.2) is 28.8 Å². The summed E-state index contributed by atoms with van der Waals surface area (Å²) in [5.41, 5.74) is 1.44. The van der Waals surface area contributed by atoms with Gasteiger partial charge in [-0.25, -0.2) is 0 Å². The first-order valence-corrected chi connectivity index (χ1v) is 7.75. The molecule has 4 rings (SSSR count). The summed E-state index contributed by atoms with van der Waals surface area (Å²) in [5, 5.41) is 10.3. The minimum atomic E-state index is -0.0542. The summed E-state index contributed by atoms with van der Waals surface area (Å²) in [6.45, 7) is 1.79. The molecule has 2 fully saturated rings. The second-order valence-corrected chi connectivity index (χ2v) is 5.97. The highest BCUT2D eigenvalue weighted by Gasteiger charge is 2.29. The van der Waals surface area contributed by atoms with Crippen LogP contribution >= 0.6 is 0 Å². The average molecular weight is 298 g/mol. The molecule has 1 aromatic heterocycles. The van der Waals surface area contributed by atoms with Crippen LogP contribution < -0.4 is 10.6 Å². The van der Waals surface area contributed by atoms with Crippen molar-refractivity contribution < 1.29 is 9.32 Å². The molecule has 1 unspecified atom stereocenters. The lowest BCUT2D eigenvalue weighted by Gasteiger charge is -2.11. The van der Waals surface area contributed by atoms with Crippen molar-refractivity contribution in [3.05, 3.63) is 35.7 Å². The molecule has 0 bridgehead atoms. The van der Waals surface area contributed by atoms with Crippen molar-refractivity contribution in [2.45, 2.75) is 31.2 Å². The van der Waals surface area contributed by atoms with Gasteiger partial charge in [0, 0.05) is 29.6 Å². The van der Waals surface area contributed by atoms with Crippen LogP contribution in [0.5, 0.6) is 0 Å². The second-order valence-electron chi connectivity index (χ2n) is 5.97. The Labute approximate surface area is 128 Å². The summed E-state index contributed by atoms with van der Waals surface area (Å²) in [6.07, 6.45) is 3.22. The molecule has 1 aliphatic carbocycles. The number of rotatable bonds is 4. The molecular formula is C16H18N4O2. The maximum atomic E-state index is 12.3. The van der Waals surface area contributed by atoms with Gasteiger partial charge in [-0.2, -0.15) is 4.98 Å².